The summed E-state index contributed by atoms with van der Waals surface area (Å²) in [5.41, 5.74) is 2.39. The molecule has 1 aromatic heterocycles. The molecule has 4 heteroatoms. The van der Waals surface area contributed by atoms with Gasteiger partial charge in [0.15, 0.2) is 0 Å². The lowest BCUT2D eigenvalue weighted by molar-refractivity contribution is 0.252. The van der Waals surface area contributed by atoms with Gasteiger partial charge >= 0.3 is 0 Å². The highest BCUT2D eigenvalue weighted by molar-refractivity contribution is 7.09. The van der Waals surface area contributed by atoms with Gasteiger partial charge in [-0.3, -0.25) is 0 Å². The van der Waals surface area contributed by atoms with Crippen molar-refractivity contribution in [2.24, 2.45) is 0 Å². The Morgan fingerprint density at radius 2 is 2.33 bits per heavy atom. The third kappa shape index (κ3) is 2.40. The molecule has 0 amide bonds. The second-order valence-corrected chi connectivity index (χ2v) is 5.53. The Labute approximate surface area is 111 Å². The van der Waals surface area contributed by atoms with Crippen molar-refractivity contribution >= 4 is 11.3 Å². The fourth-order valence-corrected chi connectivity index (χ4v) is 2.88. The van der Waals surface area contributed by atoms with Crippen LogP contribution in [-0.2, 0) is 6.54 Å². The summed E-state index contributed by atoms with van der Waals surface area (Å²) < 4.78 is 5.66. The molecular weight excluding hydrogens is 244 g/mol. The van der Waals surface area contributed by atoms with E-state index in [9.17, 15) is 0 Å². The van der Waals surface area contributed by atoms with E-state index in [0.717, 1.165) is 36.0 Å². The van der Waals surface area contributed by atoms with Crippen LogP contribution in [0.4, 0.5) is 0 Å². The van der Waals surface area contributed by atoms with E-state index in [0.29, 0.717) is 6.04 Å². The van der Waals surface area contributed by atoms with Crippen molar-refractivity contribution < 1.29 is 4.74 Å². The first-order valence-electron chi connectivity index (χ1n) is 6.19. The number of thiazole rings is 1. The first-order valence-corrected chi connectivity index (χ1v) is 7.07. The third-order valence-electron chi connectivity index (χ3n) is 3.15. The minimum absolute atomic E-state index is 0.372. The van der Waals surface area contributed by atoms with Gasteiger partial charge in [0, 0.05) is 30.0 Å². The molecule has 0 saturated carbocycles. The average molecular weight is 260 g/mol. The molecule has 0 radical (unpaired) electrons. The standard InChI is InChI=1S/C14H16N2OS/c1-10-16-11(9-18-10)8-15-13-6-7-17-14-5-3-2-4-12(13)14/h2-5,9,13,15H,6-8H2,1H3. The van der Waals surface area contributed by atoms with E-state index >= 15 is 0 Å². The molecule has 3 nitrogen and oxygen atoms in total. The van der Waals surface area contributed by atoms with Gasteiger partial charge in [0.2, 0.25) is 0 Å². The van der Waals surface area contributed by atoms with Gasteiger partial charge in [0.05, 0.1) is 17.3 Å². The van der Waals surface area contributed by atoms with Crippen LogP contribution in [0.2, 0.25) is 0 Å². The van der Waals surface area contributed by atoms with Crippen LogP contribution in [0.5, 0.6) is 5.75 Å². The van der Waals surface area contributed by atoms with Gasteiger partial charge in [-0.05, 0) is 13.0 Å². The highest BCUT2D eigenvalue weighted by atomic mass is 32.1. The molecule has 0 saturated heterocycles. The Hall–Kier alpha value is -1.39. The Morgan fingerprint density at radius 3 is 3.17 bits per heavy atom. The maximum Gasteiger partial charge on any atom is 0.124 e. The Balaban J connectivity index is 1.71. The van der Waals surface area contributed by atoms with Gasteiger partial charge < -0.3 is 10.1 Å². The quantitative estimate of drug-likeness (QED) is 0.921. The SMILES string of the molecule is Cc1nc(CNC2CCOc3ccccc32)cs1. The predicted octanol–water partition coefficient (Wildman–Crippen LogP) is 3.06. The topological polar surface area (TPSA) is 34.2 Å². The van der Waals surface area contributed by atoms with Crippen LogP contribution in [0.15, 0.2) is 29.6 Å². The van der Waals surface area contributed by atoms with E-state index in [-0.39, 0.29) is 0 Å². The van der Waals surface area contributed by atoms with Gasteiger partial charge in [-0.1, -0.05) is 18.2 Å². The largest absolute Gasteiger partial charge is 0.493 e. The lowest BCUT2D eigenvalue weighted by Crippen LogP contribution is -2.26. The highest BCUT2D eigenvalue weighted by Crippen LogP contribution is 2.31. The molecule has 0 bridgehead atoms. The smallest absolute Gasteiger partial charge is 0.124 e. The van der Waals surface area contributed by atoms with E-state index < -0.39 is 0 Å². The number of aryl methyl sites for hydroxylation is 1. The Kier molecular flexibility index (Phi) is 3.30. The molecule has 2 heterocycles. The number of ether oxygens (including phenoxy) is 1. The molecule has 1 atom stereocenters. The molecule has 0 aliphatic carbocycles. The van der Waals surface area contributed by atoms with Gasteiger partial charge in [0.1, 0.15) is 5.75 Å². The van der Waals surface area contributed by atoms with Crippen LogP contribution in [0.1, 0.15) is 28.7 Å². The molecule has 18 heavy (non-hydrogen) atoms. The highest BCUT2D eigenvalue weighted by Gasteiger charge is 2.20. The molecular formula is C14H16N2OS. The van der Waals surface area contributed by atoms with Gasteiger partial charge in [-0.25, -0.2) is 4.98 Å². The minimum atomic E-state index is 0.372. The Bertz CT molecular complexity index is 538. The van der Waals surface area contributed by atoms with Crippen LogP contribution in [0.3, 0.4) is 0 Å². The zero-order chi connectivity index (χ0) is 12.4. The number of nitrogens with one attached hydrogen (secondary N) is 1. The van der Waals surface area contributed by atoms with Gasteiger partial charge in [0.25, 0.3) is 0 Å². The van der Waals surface area contributed by atoms with Crippen molar-refractivity contribution in [1.82, 2.24) is 10.3 Å². The zero-order valence-corrected chi connectivity index (χ0v) is 11.2. The molecule has 1 aliphatic heterocycles. The first-order chi connectivity index (χ1) is 8.83. The maximum atomic E-state index is 5.66. The van der Waals surface area contributed by atoms with Crippen molar-refractivity contribution in [2.75, 3.05) is 6.61 Å². The Morgan fingerprint density at radius 1 is 1.44 bits per heavy atom. The third-order valence-corrected chi connectivity index (χ3v) is 3.98. The van der Waals surface area contributed by atoms with E-state index in [4.69, 9.17) is 4.74 Å². The number of fused-ring (bicyclic) bond motifs is 1. The molecule has 0 fully saturated rings. The molecule has 0 spiro atoms. The molecule has 1 aliphatic rings. The predicted molar refractivity (Wildman–Crippen MR) is 73.0 cm³/mol. The summed E-state index contributed by atoms with van der Waals surface area (Å²) in [5.74, 6) is 1.01. The summed E-state index contributed by atoms with van der Waals surface area (Å²) in [7, 11) is 0. The minimum Gasteiger partial charge on any atom is -0.493 e. The molecule has 3 rings (SSSR count). The number of rotatable bonds is 3. The molecule has 94 valence electrons. The van der Waals surface area contributed by atoms with Crippen molar-refractivity contribution in [3.63, 3.8) is 0 Å². The monoisotopic (exact) mass is 260 g/mol. The fourth-order valence-electron chi connectivity index (χ4n) is 2.27. The molecule has 1 aromatic carbocycles. The molecule has 2 aromatic rings. The number of para-hydroxylation sites is 1. The van der Waals surface area contributed by atoms with Crippen molar-refractivity contribution in [3.8, 4) is 5.75 Å². The van der Waals surface area contributed by atoms with Gasteiger partial charge in [-0.2, -0.15) is 0 Å². The number of nitrogens with zero attached hydrogens (tertiary/aromatic N) is 1. The summed E-state index contributed by atoms with van der Waals surface area (Å²) >= 11 is 1.70. The van der Waals surface area contributed by atoms with Crippen LogP contribution in [-0.4, -0.2) is 11.6 Å². The molecule has 1 N–H and O–H groups in total. The fraction of sp³-hybridized carbons (Fsp3) is 0.357. The first kappa shape index (κ1) is 11.7. The molecule has 1 unspecified atom stereocenters. The number of benzene rings is 1. The van der Waals surface area contributed by atoms with Crippen LogP contribution < -0.4 is 10.1 Å². The number of hydrogen-bond acceptors (Lipinski definition) is 4. The van der Waals surface area contributed by atoms with Crippen molar-refractivity contribution in [2.45, 2.75) is 25.9 Å². The van der Waals surface area contributed by atoms with Crippen LogP contribution in [0, 0.1) is 6.92 Å². The second kappa shape index (κ2) is 5.08. The maximum absolute atomic E-state index is 5.66. The summed E-state index contributed by atoms with van der Waals surface area (Å²) in [5, 5.41) is 6.81. The van der Waals surface area contributed by atoms with E-state index in [2.05, 4.69) is 27.8 Å². The summed E-state index contributed by atoms with van der Waals surface area (Å²) in [6, 6.07) is 8.63. The average Bonchev–Trinajstić information content (AvgIpc) is 2.82. The number of aromatic nitrogens is 1. The summed E-state index contributed by atoms with van der Waals surface area (Å²) in [6.45, 7) is 3.64. The lowest BCUT2D eigenvalue weighted by atomic mass is 10.0. The lowest BCUT2D eigenvalue weighted by Gasteiger charge is -2.26. The van der Waals surface area contributed by atoms with E-state index in [1.54, 1.807) is 11.3 Å². The second-order valence-electron chi connectivity index (χ2n) is 4.47. The van der Waals surface area contributed by atoms with Crippen molar-refractivity contribution in [3.05, 3.63) is 45.9 Å². The normalized spacial score (nSPS) is 18.2. The van der Waals surface area contributed by atoms with E-state index in [1.165, 1.54) is 5.56 Å². The van der Waals surface area contributed by atoms with Crippen molar-refractivity contribution in [1.29, 1.82) is 0 Å². The summed E-state index contributed by atoms with van der Waals surface area (Å²) in [4.78, 5) is 4.48. The van der Waals surface area contributed by atoms with Crippen LogP contribution in [0.25, 0.3) is 0 Å². The van der Waals surface area contributed by atoms with Crippen LogP contribution >= 0.6 is 11.3 Å². The van der Waals surface area contributed by atoms with Gasteiger partial charge in [-0.15, -0.1) is 11.3 Å². The zero-order valence-electron chi connectivity index (χ0n) is 10.3. The van der Waals surface area contributed by atoms with E-state index in [1.807, 2.05) is 19.1 Å². The number of hydrogen-bond donors (Lipinski definition) is 1. The summed E-state index contributed by atoms with van der Waals surface area (Å²) in [6.07, 6.45) is 1.01.